The van der Waals surface area contributed by atoms with Gasteiger partial charge in [0.15, 0.2) is 5.96 Å². The van der Waals surface area contributed by atoms with E-state index in [4.69, 9.17) is 4.74 Å². The van der Waals surface area contributed by atoms with Crippen LogP contribution >= 0.6 is 0 Å². The lowest BCUT2D eigenvalue weighted by molar-refractivity contribution is 0.0931. The molecule has 28 heavy (non-hydrogen) atoms. The number of nitrogens with zero attached hydrogens (tertiary/aromatic N) is 3. The van der Waals surface area contributed by atoms with Gasteiger partial charge in [0, 0.05) is 38.4 Å². The molecule has 1 atom stereocenters. The molecule has 1 aromatic heterocycles. The van der Waals surface area contributed by atoms with E-state index < -0.39 is 0 Å². The Labute approximate surface area is 169 Å². The molecule has 6 heteroatoms. The normalized spacial score (nSPS) is 12.8. The summed E-state index contributed by atoms with van der Waals surface area (Å²) in [6.07, 6.45) is 1.91. The Morgan fingerprint density at radius 1 is 1.18 bits per heavy atom. The minimum absolute atomic E-state index is 0.387. The highest BCUT2D eigenvalue weighted by Crippen LogP contribution is 2.15. The van der Waals surface area contributed by atoms with Crippen LogP contribution in [0.2, 0.25) is 0 Å². The van der Waals surface area contributed by atoms with Crippen molar-refractivity contribution in [3.8, 4) is 0 Å². The third-order valence-electron chi connectivity index (χ3n) is 4.82. The number of nitrogens with one attached hydrogen (secondary N) is 2. The first-order chi connectivity index (χ1) is 13.6. The summed E-state index contributed by atoms with van der Waals surface area (Å²) < 4.78 is 7.83. The summed E-state index contributed by atoms with van der Waals surface area (Å²) in [5, 5.41) is 11.5. The van der Waals surface area contributed by atoms with E-state index in [2.05, 4.69) is 53.6 Å². The molecule has 0 amide bonds. The molecule has 0 saturated heterocycles. The molecule has 2 rings (SSSR count). The van der Waals surface area contributed by atoms with Crippen molar-refractivity contribution in [3.05, 3.63) is 52.8 Å². The molecule has 154 valence electrons. The lowest BCUT2D eigenvalue weighted by Gasteiger charge is -2.17. The second-order valence-corrected chi connectivity index (χ2v) is 7.12. The Balaban J connectivity index is 1.77. The summed E-state index contributed by atoms with van der Waals surface area (Å²) in [5.41, 5.74) is 4.93. The lowest BCUT2D eigenvalue weighted by atomic mass is 10.1. The maximum absolute atomic E-state index is 5.83. The van der Waals surface area contributed by atoms with Crippen molar-refractivity contribution >= 4 is 5.96 Å². The first-order valence-electron chi connectivity index (χ1n) is 10.2. The predicted octanol–water partition coefficient (Wildman–Crippen LogP) is 3.06. The molecule has 0 radical (unpaired) electrons. The van der Waals surface area contributed by atoms with E-state index in [1.807, 2.05) is 29.9 Å². The molecule has 0 bridgehead atoms. The van der Waals surface area contributed by atoms with E-state index >= 15 is 0 Å². The number of aliphatic imine (C=N–C) groups is 1. The van der Waals surface area contributed by atoms with Gasteiger partial charge in [-0.25, -0.2) is 0 Å². The van der Waals surface area contributed by atoms with Gasteiger partial charge >= 0.3 is 0 Å². The molecular weight excluding hydrogens is 350 g/mol. The van der Waals surface area contributed by atoms with Crippen LogP contribution in [0.1, 0.15) is 43.3 Å². The highest BCUT2D eigenvalue weighted by Gasteiger charge is 2.14. The zero-order valence-corrected chi connectivity index (χ0v) is 18.0. The van der Waals surface area contributed by atoms with Crippen molar-refractivity contribution in [2.45, 2.75) is 46.8 Å². The van der Waals surface area contributed by atoms with Gasteiger partial charge in [0.25, 0.3) is 0 Å². The third-order valence-corrected chi connectivity index (χ3v) is 4.82. The van der Waals surface area contributed by atoms with Crippen molar-refractivity contribution in [1.29, 1.82) is 0 Å². The smallest absolute Gasteiger partial charge is 0.191 e. The Hall–Kier alpha value is -2.34. The predicted molar refractivity (Wildman–Crippen MR) is 115 cm³/mol. The average molecular weight is 386 g/mol. The Morgan fingerprint density at radius 3 is 2.57 bits per heavy atom. The standard InChI is InChI=1S/C22H35N5O/c1-6-20-19(21(7-2)27(5)26-20)14-25-22(23-4)24-13-17(3)15-28-16-18-11-9-8-10-12-18/h8-12,17H,6-7,13-16H2,1-5H3,(H2,23,24,25). The largest absolute Gasteiger partial charge is 0.376 e. The Kier molecular flexibility index (Phi) is 9.01. The molecular formula is C22H35N5O. The zero-order chi connectivity index (χ0) is 20.4. The number of rotatable bonds is 10. The van der Waals surface area contributed by atoms with E-state index in [0.717, 1.165) is 37.6 Å². The molecule has 1 aromatic carbocycles. The van der Waals surface area contributed by atoms with E-state index in [9.17, 15) is 0 Å². The molecule has 0 fully saturated rings. The van der Waals surface area contributed by atoms with Gasteiger partial charge < -0.3 is 15.4 Å². The minimum atomic E-state index is 0.387. The zero-order valence-electron chi connectivity index (χ0n) is 18.0. The van der Waals surface area contributed by atoms with Crippen LogP contribution in [0.5, 0.6) is 0 Å². The summed E-state index contributed by atoms with van der Waals surface area (Å²) in [7, 11) is 3.82. The molecule has 0 saturated carbocycles. The lowest BCUT2D eigenvalue weighted by Crippen LogP contribution is -2.39. The van der Waals surface area contributed by atoms with Crippen LogP contribution in [0.25, 0.3) is 0 Å². The van der Waals surface area contributed by atoms with Crippen LogP contribution in [0, 0.1) is 5.92 Å². The minimum Gasteiger partial charge on any atom is -0.376 e. The summed E-state index contributed by atoms with van der Waals surface area (Å²) in [5.74, 6) is 1.20. The number of hydrogen-bond acceptors (Lipinski definition) is 3. The van der Waals surface area contributed by atoms with Crippen molar-refractivity contribution < 1.29 is 4.74 Å². The molecule has 1 heterocycles. The van der Waals surface area contributed by atoms with Crippen molar-refractivity contribution in [3.63, 3.8) is 0 Å². The van der Waals surface area contributed by atoms with Gasteiger partial charge in [0.1, 0.15) is 0 Å². The Morgan fingerprint density at radius 2 is 1.93 bits per heavy atom. The number of aryl methyl sites for hydroxylation is 2. The quantitative estimate of drug-likeness (QED) is 0.487. The second-order valence-electron chi connectivity index (χ2n) is 7.12. The van der Waals surface area contributed by atoms with E-state index in [0.29, 0.717) is 19.1 Å². The number of aromatic nitrogens is 2. The SMILES string of the molecule is CCc1nn(C)c(CC)c1CNC(=NC)NCC(C)COCc1ccccc1. The van der Waals surface area contributed by atoms with Crippen LogP contribution in [0.15, 0.2) is 35.3 Å². The van der Waals surface area contributed by atoms with Gasteiger partial charge in [-0.15, -0.1) is 0 Å². The summed E-state index contributed by atoms with van der Waals surface area (Å²) in [6, 6.07) is 10.3. The number of guanidine groups is 1. The second kappa shape index (κ2) is 11.5. The Bertz CT molecular complexity index is 739. The van der Waals surface area contributed by atoms with Gasteiger partial charge in [0.2, 0.25) is 0 Å². The van der Waals surface area contributed by atoms with Crippen molar-refractivity contribution in [1.82, 2.24) is 20.4 Å². The molecule has 2 aromatic rings. The maximum atomic E-state index is 5.83. The topological polar surface area (TPSA) is 63.5 Å². The molecule has 0 aliphatic rings. The summed E-state index contributed by atoms with van der Waals surface area (Å²) >= 11 is 0. The highest BCUT2D eigenvalue weighted by atomic mass is 16.5. The van der Waals surface area contributed by atoms with Crippen LogP contribution in [-0.4, -0.2) is 35.9 Å². The van der Waals surface area contributed by atoms with Crippen molar-refractivity contribution in [2.24, 2.45) is 18.0 Å². The number of ether oxygens (including phenoxy) is 1. The van der Waals surface area contributed by atoms with Gasteiger partial charge in [-0.2, -0.15) is 5.10 Å². The van der Waals surface area contributed by atoms with Gasteiger partial charge in [-0.1, -0.05) is 51.1 Å². The first kappa shape index (κ1) is 22.0. The molecule has 0 aliphatic heterocycles. The monoisotopic (exact) mass is 385 g/mol. The fourth-order valence-electron chi connectivity index (χ4n) is 3.27. The summed E-state index contributed by atoms with van der Waals surface area (Å²) in [4.78, 5) is 4.35. The number of benzene rings is 1. The van der Waals surface area contributed by atoms with Crippen LogP contribution in [-0.2, 0) is 37.8 Å². The molecule has 0 spiro atoms. The maximum Gasteiger partial charge on any atom is 0.191 e. The van der Waals surface area contributed by atoms with E-state index in [1.165, 1.54) is 16.8 Å². The first-order valence-corrected chi connectivity index (χ1v) is 10.2. The van der Waals surface area contributed by atoms with Gasteiger partial charge in [0.05, 0.1) is 18.9 Å². The van der Waals surface area contributed by atoms with Crippen LogP contribution < -0.4 is 10.6 Å². The molecule has 2 N–H and O–H groups in total. The van der Waals surface area contributed by atoms with E-state index in [-0.39, 0.29) is 0 Å². The van der Waals surface area contributed by atoms with Crippen LogP contribution in [0.3, 0.4) is 0 Å². The van der Waals surface area contributed by atoms with Crippen molar-refractivity contribution in [2.75, 3.05) is 20.2 Å². The highest BCUT2D eigenvalue weighted by molar-refractivity contribution is 5.79. The van der Waals surface area contributed by atoms with Gasteiger partial charge in [-0.05, 0) is 24.3 Å². The fraction of sp³-hybridized carbons (Fsp3) is 0.545. The molecule has 6 nitrogen and oxygen atoms in total. The average Bonchev–Trinajstić information content (AvgIpc) is 3.03. The van der Waals surface area contributed by atoms with E-state index in [1.54, 1.807) is 7.05 Å². The fourth-order valence-corrected chi connectivity index (χ4v) is 3.27. The molecule has 1 unspecified atom stereocenters. The number of hydrogen-bond donors (Lipinski definition) is 2. The van der Waals surface area contributed by atoms with Crippen LogP contribution in [0.4, 0.5) is 0 Å². The summed E-state index contributed by atoms with van der Waals surface area (Å²) in [6.45, 7) is 9.40. The van der Waals surface area contributed by atoms with Gasteiger partial charge in [-0.3, -0.25) is 9.67 Å². The third kappa shape index (κ3) is 6.37. The molecule has 0 aliphatic carbocycles.